The lowest BCUT2D eigenvalue weighted by Gasteiger charge is -2.38. The standard InChI is InChI=1S/C12H18N4O2/c1-12(2,3)18-11(17)16-6-8(7-16)10-14-4-9(13)5-15-10/h4-5,8H,6-7,13H2,1-3H3/i4D,5D. The highest BCUT2D eigenvalue weighted by atomic mass is 16.6. The Kier molecular flexibility index (Phi) is 2.49. The summed E-state index contributed by atoms with van der Waals surface area (Å²) in [6, 6.07) is 0. The van der Waals surface area contributed by atoms with Gasteiger partial charge in [-0.3, -0.25) is 0 Å². The minimum atomic E-state index is -0.525. The molecule has 0 spiro atoms. The highest BCUT2D eigenvalue weighted by Crippen LogP contribution is 2.26. The van der Waals surface area contributed by atoms with Gasteiger partial charge in [-0.05, 0) is 20.8 Å². The van der Waals surface area contributed by atoms with Gasteiger partial charge in [0, 0.05) is 13.1 Å². The summed E-state index contributed by atoms with van der Waals surface area (Å²) >= 11 is 0. The van der Waals surface area contributed by atoms with Crippen LogP contribution in [-0.2, 0) is 4.74 Å². The Morgan fingerprint density at radius 2 is 2.06 bits per heavy atom. The number of carbonyl (C=O) groups excluding carboxylic acids is 1. The summed E-state index contributed by atoms with van der Waals surface area (Å²) in [5.41, 5.74) is 4.92. The first-order valence-electron chi connectivity index (χ1n) is 6.76. The van der Waals surface area contributed by atoms with Crippen molar-refractivity contribution < 1.29 is 12.3 Å². The van der Waals surface area contributed by atoms with E-state index in [-0.39, 0.29) is 30.0 Å². The van der Waals surface area contributed by atoms with Crippen LogP contribution in [-0.4, -0.2) is 39.7 Å². The second-order valence-electron chi connectivity index (χ2n) is 5.30. The molecule has 0 saturated carbocycles. The summed E-state index contributed by atoms with van der Waals surface area (Å²) in [5, 5.41) is 0. The molecule has 0 atom stereocenters. The molecule has 98 valence electrons. The number of nitrogens with two attached hydrogens (primary N) is 1. The Bertz CT molecular complexity index is 516. The van der Waals surface area contributed by atoms with E-state index in [9.17, 15) is 4.79 Å². The van der Waals surface area contributed by atoms with Gasteiger partial charge < -0.3 is 15.4 Å². The Hall–Kier alpha value is -1.85. The Labute approximate surface area is 109 Å². The van der Waals surface area contributed by atoms with E-state index in [4.69, 9.17) is 13.2 Å². The SMILES string of the molecule is [2H]c1nc(C2CN(C(=O)OC(C)(C)C)C2)nc([2H])c1N. The molecule has 0 bridgehead atoms. The van der Waals surface area contributed by atoms with Crippen molar-refractivity contribution in [2.45, 2.75) is 32.3 Å². The minimum Gasteiger partial charge on any atom is -0.444 e. The van der Waals surface area contributed by atoms with E-state index in [1.54, 1.807) is 4.90 Å². The van der Waals surface area contributed by atoms with E-state index < -0.39 is 5.60 Å². The molecular weight excluding hydrogens is 232 g/mol. The van der Waals surface area contributed by atoms with Crippen LogP contribution in [0.3, 0.4) is 0 Å². The molecular formula is C12H18N4O2. The van der Waals surface area contributed by atoms with E-state index in [0.29, 0.717) is 18.9 Å². The maximum absolute atomic E-state index is 11.8. The second-order valence-corrected chi connectivity index (χ2v) is 5.30. The number of ether oxygens (including phenoxy) is 1. The molecule has 1 aliphatic rings. The average molecular weight is 252 g/mol. The summed E-state index contributed by atoms with van der Waals surface area (Å²) in [6.45, 7) is 6.29. The zero-order valence-corrected chi connectivity index (χ0v) is 10.7. The van der Waals surface area contributed by atoms with Gasteiger partial charge >= 0.3 is 6.09 Å². The lowest BCUT2D eigenvalue weighted by molar-refractivity contribution is 0.00752. The fourth-order valence-electron chi connectivity index (χ4n) is 1.59. The number of rotatable bonds is 1. The maximum atomic E-state index is 11.8. The first kappa shape index (κ1) is 10.1. The van der Waals surface area contributed by atoms with Crippen LogP contribution < -0.4 is 5.73 Å². The van der Waals surface area contributed by atoms with Gasteiger partial charge in [0.1, 0.15) is 11.4 Å². The number of nitrogens with zero attached hydrogens (tertiary/aromatic N) is 3. The summed E-state index contributed by atoms with van der Waals surface area (Å²) in [5.74, 6) is 0.310. The molecule has 1 fully saturated rings. The average Bonchev–Trinajstić information content (AvgIpc) is 2.20. The second kappa shape index (κ2) is 4.44. The van der Waals surface area contributed by atoms with Crippen LogP contribution in [0, 0.1) is 0 Å². The molecule has 1 amide bonds. The fourth-order valence-corrected chi connectivity index (χ4v) is 1.59. The molecule has 2 N–H and O–H groups in total. The van der Waals surface area contributed by atoms with Gasteiger partial charge in [-0.15, -0.1) is 0 Å². The van der Waals surface area contributed by atoms with Gasteiger partial charge in [0.25, 0.3) is 0 Å². The molecule has 0 unspecified atom stereocenters. The van der Waals surface area contributed by atoms with Crippen molar-refractivity contribution in [1.29, 1.82) is 0 Å². The predicted octanol–water partition coefficient (Wildman–Crippen LogP) is 1.39. The molecule has 1 aromatic heterocycles. The summed E-state index contributed by atoms with van der Waals surface area (Å²) < 4.78 is 20.3. The normalized spacial score (nSPS) is 17.8. The highest BCUT2D eigenvalue weighted by molar-refractivity contribution is 5.69. The lowest BCUT2D eigenvalue weighted by Crippen LogP contribution is -2.50. The number of likely N-dealkylation sites (tertiary alicyclic amines) is 1. The van der Waals surface area contributed by atoms with Crippen molar-refractivity contribution in [3.8, 4) is 0 Å². The molecule has 1 aliphatic heterocycles. The molecule has 2 rings (SSSR count). The molecule has 0 aliphatic carbocycles. The smallest absolute Gasteiger partial charge is 0.410 e. The number of carbonyl (C=O) groups is 1. The topological polar surface area (TPSA) is 81.3 Å². The predicted molar refractivity (Wildman–Crippen MR) is 67.0 cm³/mol. The number of anilines is 1. The molecule has 6 nitrogen and oxygen atoms in total. The zero-order chi connectivity index (χ0) is 15.1. The van der Waals surface area contributed by atoms with Crippen LogP contribution >= 0.6 is 0 Å². The van der Waals surface area contributed by atoms with E-state index in [1.165, 1.54) is 0 Å². The van der Waals surface area contributed by atoms with Crippen LogP contribution in [0.2, 0.25) is 0 Å². The van der Waals surface area contributed by atoms with Crippen LogP contribution in [0.5, 0.6) is 0 Å². The Balaban J connectivity index is 1.98. The third-order valence-corrected chi connectivity index (χ3v) is 2.48. The van der Waals surface area contributed by atoms with Crippen molar-refractivity contribution >= 4 is 11.8 Å². The lowest BCUT2D eigenvalue weighted by atomic mass is 10.00. The largest absolute Gasteiger partial charge is 0.444 e. The Morgan fingerprint density at radius 1 is 1.50 bits per heavy atom. The van der Waals surface area contributed by atoms with E-state index in [1.807, 2.05) is 20.8 Å². The zero-order valence-electron chi connectivity index (χ0n) is 12.7. The van der Waals surface area contributed by atoms with E-state index in [2.05, 4.69) is 9.97 Å². The number of amides is 1. The van der Waals surface area contributed by atoms with Crippen molar-refractivity contribution in [2.24, 2.45) is 0 Å². The van der Waals surface area contributed by atoms with Gasteiger partial charge in [0.05, 0.1) is 26.7 Å². The highest BCUT2D eigenvalue weighted by Gasteiger charge is 2.35. The van der Waals surface area contributed by atoms with Crippen LogP contribution in [0.4, 0.5) is 10.5 Å². The number of nitrogen functional groups attached to an aromatic ring is 1. The molecule has 2 heterocycles. The number of hydrogen-bond donors (Lipinski definition) is 1. The van der Waals surface area contributed by atoms with Crippen LogP contribution in [0.1, 0.15) is 35.3 Å². The fraction of sp³-hybridized carbons (Fsp3) is 0.583. The molecule has 18 heavy (non-hydrogen) atoms. The molecule has 0 aromatic carbocycles. The van der Waals surface area contributed by atoms with E-state index in [0.717, 1.165) is 0 Å². The van der Waals surface area contributed by atoms with Crippen molar-refractivity contribution in [3.63, 3.8) is 0 Å². The van der Waals surface area contributed by atoms with Crippen molar-refractivity contribution in [1.82, 2.24) is 14.9 Å². The molecule has 6 heteroatoms. The quantitative estimate of drug-likeness (QED) is 0.816. The van der Waals surface area contributed by atoms with Gasteiger partial charge in [-0.25, -0.2) is 14.8 Å². The molecule has 1 aromatic rings. The van der Waals surface area contributed by atoms with Gasteiger partial charge in [-0.2, -0.15) is 0 Å². The monoisotopic (exact) mass is 252 g/mol. The van der Waals surface area contributed by atoms with Gasteiger partial charge in [-0.1, -0.05) is 0 Å². The van der Waals surface area contributed by atoms with Crippen molar-refractivity contribution in [2.75, 3.05) is 18.8 Å². The third-order valence-electron chi connectivity index (χ3n) is 2.48. The molecule has 0 radical (unpaired) electrons. The van der Waals surface area contributed by atoms with Crippen LogP contribution in [0.15, 0.2) is 12.3 Å². The summed E-state index contributed by atoms with van der Waals surface area (Å²) in [4.78, 5) is 21.2. The van der Waals surface area contributed by atoms with Gasteiger partial charge in [0.15, 0.2) is 0 Å². The van der Waals surface area contributed by atoms with Crippen LogP contribution in [0.25, 0.3) is 0 Å². The maximum Gasteiger partial charge on any atom is 0.410 e. The van der Waals surface area contributed by atoms with E-state index >= 15 is 0 Å². The summed E-state index contributed by atoms with van der Waals surface area (Å²) in [6.07, 6.45) is -0.659. The number of hydrogen-bond acceptors (Lipinski definition) is 5. The first-order valence-corrected chi connectivity index (χ1v) is 5.76. The van der Waals surface area contributed by atoms with Gasteiger partial charge in [0.2, 0.25) is 0 Å². The Morgan fingerprint density at radius 3 is 2.56 bits per heavy atom. The molecule has 1 saturated heterocycles. The first-order chi connectivity index (χ1) is 9.17. The summed E-state index contributed by atoms with van der Waals surface area (Å²) in [7, 11) is 0. The third kappa shape index (κ3) is 2.88. The number of aromatic nitrogens is 2. The van der Waals surface area contributed by atoms with Crippen molar-refractivity contribution in [3.05, 3.63) is 18.2 Å². The minimum absolute atomic E-state index is 0.0305.